The third-order valence-corrected chi connectivity index (χ3v) is 5.20. The molecule has 3 rings (SSSR count). The van der Waals surface area contributed by atoms with Gasteiger partial charge >= 0.3 is 0 Å². The van der Waals surface area contributed by atoms with E-state index < -0.39 is 15.9 Å². The quantitative estimate of drug-likeness (QED) is 0.627. The third kappa shape index (κ3) is 5.27. The maximum atomic E-state index is 12.9. The van der Waals surface area contributed by atoms with Gasteiger partial charge in [-0.25, -0.2) is 17.8 Å². The van der Waals surface area contributed by atoms with Crippen LogP contribution in [-0.4, -0.2) is 25.6 Å². The van der Waals surface area contributed by atoms with Crippen LogP contribution in [0.15, 0.2) is 48.5 Å². The van der Waals surface area contributed by atoms with Gasteiger partial charge in [0.1, 0.15) is 22.2 Å². The Hall–Kier alpha value is -2.98. The topological polar surface area (TPSA) is 97.4 Å². The number of aryl methyl sites for hydroxylation is 1. The number of sulfonamides is 1. The number of thiazole rings is 1. The number of nitrogens with one attached hydrogen (secondary N) is 2. The van der Waals surface area contributed by atoms with Gasteiger partial charge < -0.3 is 10.1 Å². The van der Waals surface area contributed by atoms with Crippen LogP contribution in [0.5, 0.6) is 11.5 Å². The minimum atomic E-state index is -3.47. The Morgan fingerprint density at radius 1 is 1.07 bits per heavy atom. The average Bonchev–Trinajstić information content (AvgIpc) is 2.97. The fraction of sp³-hybridized carbons (Fsp3) is 0.111. The lowest BCUT2D eigenvalue weighted by molar-refractivity contribution is 0.103. The van der Waals surface area contributed by atoms with E-state index in [2.05, 4.69) is 15.0 Å². The first-order chi connectivity index (χ1) is 13.2. The zero-order valence-corrected chi connectivity index (χ0v) is 16.5. The number of ether oxygens (including phenoxy) is 1. The number of carbonyl (C=O) groups is 1. The molecule has 0 aliphatic carbocycles. The minimum Gasteiger partial charge on any atom is -0.457 e. The van der Waals surface area contributed by atoms with Crippen molar-refractivity contribution in [2.24, 2.45) is 0 Å². The Kier molecular flexibility index (Phi) is 5.61. The van der Waals surface area contributed by atoms with Crippen molar-refractivity contribution in [2.45, 2.75) is 6.92 Å². The molecule has 2 N–H and O–H groups in total. The standard InChI is InChI=1S/C18H16FN3O4S2/c1-11-16(27-18(20-11)22-28(2,24)25)17(23)21-13-5-9-15(10-6-13)26-14-7-3-12(19)4-8-14/h3-10H,1-2H3,(H,20,22)(H,21,23). The molecule has 0 unspecified atom stereocenters. The summed E-state index contributed by atoms with van der Waals surface area (Å²) in [5, 5.41) is 2.86. The van der Waals surface area contributed by atoms with E-state index in [0.717, 1.165) is 17.6 Å². The predicted molar refractivity (Wildman–Crippen MR) is 106 cm³/mol. The second-order valence-corrected chi connectivity index (χ2v) is 8.59. The molecule has 0 fully saturated rings. The smallest absolute Gasteiger partial charge is 0.267 e. The maximum absolute atomic E-state index is 12.9. The minimum absolute atomic E-state index is 0.133. The van der Waals surface area contributed by atoms with E-state index in [4.69, 9.17) is 4.74 Å². The first-order valence-corrected chi connectivity index (χ1v) is 10.7. The summed E-state index contributed by atoms with van der Waals surface area (Å²) in [6.07, 6.45) is 1.01. The SMILES string of the molecule is Cc1nc(NS(C)(=O)=O)sc1C(=O)Nc1ccc(Oc2ccc(F)cc2)cc1. The predicted octanol–water partition coefficient (Wildman–Crippen LogP) is 4.01. The van der Waals surface area contributed by atoms with Gasteiger partial charge in [-0.1, -0.05) is 11.3 Å². The molecule has 146 valence electrons. The van der Waals surface area contributed by atoms with Gasteiger partial charge in [-0.05, 0) is 55.5 Å². The van der Waals surface area contributed by atoms with Crippen LogP contribution in [0.3, 0.4) is 0 Å². The van der Waals surface area contributed by atoms with E-state index in [1.54, 1.807) is 31.2 Å². The van der Waals surface area contributed by atoms with E-state index in [-0.39, 0.29) is 10.9 Å². The molecule has 0 saturated carbocycles. The highest BCUT2D eigenvalue weighted by atomic mass is 32.2. The molecule has 0 aliphatic heterocycles. The molecule has 0 bridgehead atoms. The zero-order chi connectivity index (χ0) is 20.3. The highest BCUT2D eigenvalue weighted by Crippen LogP contribution is 2.26. The van der Waals surface area contributed by atoms with Crippen molar-refractivity contribution >= 4 is 38.1 Å². The van der Waals surface area contributed by atoms with E-state index in [1.807, 2.05) is 0 Å². The van der Waals surface area contributed by atoms with E-state index in [0.29, 0.717) is 27.8 Å². The highest BCUT2D eigenvalue weighted by Gasteiger charge is 2.17. The highest BCUT2D eigenvalue weighted by molar-refractivity contribution is 7.92. The van der Waals surface area contributed by atoms with E-state index in [9.17, 15) is 17.6 Å². The number of rotatable bonds is 6. The maximum Gasteiger partial charge on any atom is 0.267 e. The molecule has 10 heteroatoms. The summed E-state index contributed by atoms with van der Waals surface area (Å²) in [6.45, 7) is 1.62. The summed E-state index contributed by atoms with van der Waals surface area (Å²) in [4.78, 5) is 16.8. The van der Waals surface area contributed by atoms with Gasteiger partial charge in [-0.15, -0.1) is 0 Å². The molecule has 1 amide bonds. The number of anilines is 2. The van der Waals surface area contributed by atoms with Gasteiger partial charge in [0.15, 0.2) is 5.13 Å². The van der Waals surface area contributed by atoms with Crippen molar-refractivity contribution in [3.63, 3.8) is 0 Å². The molecule has 0 atom stereocenters. The molecule has 2 aromatic carbocycles. The molecular weight excluding hydrogens is 405 g/mol. The molecule has 0 aliphatic rings. The van der Waals surface area contributed by atoms with Gasteiger partial charge in [0, 0.05) is 5.69 Å². The Morgan fingerprint density at radius 2 is 1.64 bits per heavy atom. The van der Waals surface area contributed by atoms with Gasteiger partial charge in [0.2, 0.25) is 10.0 Å². The number of carbonyl (C=O) groups excluding carboxylic acids is 1. The summed E-state index contributed by atoms with van der Waals surface area (Å²) in [6, 6.07) is 12.3. The molecule has 1 aromatic heterocycles. The fourth-order valence-corrected chi connectivity index (χ4v) is 3.94. The van der Waals surface area contributed by atoms with Crippen LogP contribution in [0.2, 0.25) is 0 Å². The lowest BCUT2D eigenvalue weighted by atomic mass is 10.3. The largest absolute Gasteiger partial charge is 0.457 e. The molecule has 3 aromatic rings. The van der Waals surface area contributed by atoms with Gasteiger partial charge in [-0.2, -0.15) is 0 Å². The Morgan fingerprint density at radius 3 is 2.21 bits per heavy atom. The van der Waals surface area contributed by atoms with Crippen molar-refractivity contribution in [3.8, 4) is 11.5 Å². The Balaban J connectivity index is 1.67. The summed E-state index contributed by atoms with van der Waals surface area (Å²) in [7, 11) is -3.47. The number of aromatic nitrogens is 1. The number of nitrogens with zero attached hydrogens (tertiary/aromatic N) is 1. The fourth-order valence-electron chi connectivity index (χ4n) is 2.24. The second kappa shape index (κ2) is 7.95. The van der Waals surface area contributed by atoms with Crippen LogP contribution in [-0.2, 0) is 10.0 Å². The number of halogens is 1. The van der Waals surface area contributed by atoms with E-state index >= 15 is 0 Å². The van der Waals surface area contributed by atoms with Crippen LogP contribution in [0, 0.1) is 12.7 Å². The van der Waals surface area contributed by atoms with Crippen LogP contribution in [0.1, 0.15) is 15.4 Å². The molecule has 1 heterocycles. The first kappa shape index (κ1) is 19.8. The first-order valence-electron chi connectivity index (χ1n) is 8.00. The summed E-state index contributed by atoms with van der Waals surface area (Å²) in [5.74, 6) is 0.269. The van der Waals surface area contributed by atoms with Crippen molar-refractivity contribution in [1.82, 2.24) is 4.98 Å². The number of hydrogen-bond acceptors (Lipinski definition) is 6. The number of benzene rings is 2. The van der Waals surface area contributed by atoms with Crippen LogP contribution < -0.4 is 14.8 Å². The molecule has 0 spiro atoms. The Bertz CT molecular complexity index is 1090. The van der Waals surface area contributed by atoms with Gasteiger partial charge in [-0.3, -0.25) is 9.52 Å². The van der Waals surface area contributed by atoms with E-state index in [1.165, 1.54) is 24.3 Å². The second-order valence-electron chi connectivity index (χ2n) is 5.84. The number of amides is 1. The monoisotopic (exact) mass is 421 g/mol. The normalized spacial score (nSPS) is 11.1. The molecule has 28 heavy (non-hydrogen) atoms. The van der Waals surface area contributed by atoms with Crippen molar-refractivity contribution in [1.29, 1.82) is 0 Å². The molecule has 0 radical (unpaired) electrons. The Labute approximate surface area is 165 Å². The number of hydrogen-bond donors (Lipinski definition) is 2. The summed E-state index contributed by atoms with van der Waals surface area (Å²) >= 11 is 0.951. The summed E-state index contributed by atoms with van der Waals surface area (Å²) < 4.78 is 43.3. The molecule has 0 saturated heterocycles. The van der Waals surface area contributed by atoms with Crippen molar-refractivity contribution in [3.05, 3.63) is 64.9 Å². The molecular formula is C18H16FN3O4S2. The third-order valence-electron chi connectivity index (χ3n) is 3.44. The van der Waals surface area contributed by atoms with Crippen LogP contribution in [0.4, 0.5) is 15.2 Å². The lowest BCUT2D eigenvalue weighted by Gasteiger charge is -2.08. The van der Waals surface area contributed by atoms with Gasteiger partial charge in [0.05, 0.1) is 11.9 Å². The molecule has 7 nitrogen and oxygen atoms in total. The lowest BCUT2D eigenvalue weighted by Crippen LogP contribution is -2.11. The van der Waals surface area contributed by atoms with Crippen molar-refractivity contribution in [2.75, 3.05) is 16.3 Å². The van der Waals surface area contributed by atoms with Gasteiger partial charge in [0.25, 0.3) is 5.91 Å². The average molecular weight is 421 g/mol. The van der Waals surface area contributed by atoms with Crippen LogP contribution >= 0.6 is 11.3 Å². The van der Waals surface area contributed by atoms with Crippen molar-refractivity contribution < 1.29 is 22.3 Å². The summed E-state index contributed by atoms with van der Waals surface area (Å²) in [5.41, 5.74) is 0.951. The zero-order valence-electron chi connectivity index (χ0n) is 14.9. The van der Waals surface area contributed by atoms with Crippen LogP contribution in [0.25, 0.3) is 0 Å².